The van der Waals surface area contributed by atoms with Gasteiger partial charge in [-0.1, -0.05) is 6.07 Å². The van der Waals surface area contributed by atoms with Gasteiger partial charge in [0.15, 0.2) is 0 Å². The Morgan fingerprint density at radius 1 is 1.27 bits per heavy atom. The van der Waals surface area contributed by atoms with E-state index in [1.807, 2.05) is 17.5 Å². The lowest BCUT2D eigenvalue weighted by molar-refractivity contribution is 0.0956. The largest absolute Gasteiger partial charge is 0.396 e. The van der Waals surface area contributed by atoms with Crippen LogP contribution in [-0.2, 0) is 6.54 Å². The molecule has 0 aliphatic carbocycles. The molecule has 2 heterocycles. The van der Waals surface area contributed by atoms with Crippen molar-refractivity contribution in [2.45, 2.75) is 6.54 Å². The number of amides is 1. The van der Waals surface area contributed by atoms with Crippen molar-refractivity contribution in [3.63, 3.8) is 0 Å². The minimum absolute atomic E-state index is 0.253. The van der Waals surface area contributed by atoms with Gasteiger partial charge in [-0.2, -0.15) is 4.37 Å². The normalized spacial score (nSPS) is 10.6. The summed E-state index contributed by atoms with van der Waals surface area (Å²) >= 11 is 2.62. The Hall–Kier alpha value is -2.25. The van der Waals surface area contributed by atoms with Crippen molar-refractivity contribution < 1.29 is 9.18 Å². The van der Waals surface area contributed by atoms with E-state index in [-0.39, 0.29) is 11.7 Å². The van der Waals surface area contributed by atoms with Gasteiger partial charge in [-0.25, -0.2) is 4.39 Å². The van der Waals surface area contributed by atoms with Gasteiger partial charge in [0.05, 0.1) is 12.2 Å². The maximum Gasteiger partial charge on any atom is 0.265 e. The lowest BCUT2D eigenvalue weighted by Crippen LogP contribution is -2.22. The van der Waals surface area contributed by atoms with Gasteiger partial charge in [-0.3, -0.25) is 4.79 Å². The molecule has 3 N–H and O–H groups in total. The molecular formula is C15H12FN3OS2. The topological polar surface area (TPSA) is 68.0 Å². The highest BCUT2D eigenvalue weighted by molar-refractivity contribution is 7.10. The van der Waals surface area contributed by atoms with E-state index in [1.54, 1.807) is 23.5 Å². The Labute approximate surface area is 134 Å². The van der Waals surface area contributed by atoms with E-state index in [0.29, 0.717) is 28.4 Å². The molecule has 4 nitrogen and oxygen atoms in total. The van der Waals surface area contributed by atoms with E-state index in [9.17, 15) is 9.18 Å². The van der Waals surface area contributed by atoms with Gasteiger partial charge in [0.25, 0.3) is 5.91 Å². The van der Waals surface area contributed by atoms with Crippen LogP contribution >= 0.6 is 22.9 Å². The summed E-state index contributed by atoms with van der Waals surface area (Å²) in [7, 11) is 0. The van der Waals surface area contributed by atoms with Crippen molar-refractivity contribution in [3.05, 3.63) is 57.3 Å². The number of nitrogens with one attached hydrogen (secondary N) is 1. The third kappa shape index (κ3) is 3.00. The number of thiophene rings is 1. The van der Waals surface area contributed by atoms with Crippen LogP contribution in [-0.4, -0.2) is 10.3 Å². The number of nitrogens with zero attached hydrogens (tertiary/aromatic N) is 1. The predicted octanol–water partition coefficient (Wildman–Crippen LogP) is 3.52. The summed E-state index contributed by atoms with van der Waals surface area (Å²) in [6.07, 6.45) is 0. The SMILES string of the molecule is Nc1c(-c2ccc(F)cc2)nsc1C(=O)NCc1cccs1. The predicted molar refractivity (Wildman–Crippen MR) is 87.4 cm³/mol. The van der Waals surface area contributed by atoms with Crippen LogP contribution in [0.15, 0.2) is 41.8 Å². The summed E-state index contributed by atoms with van der Waals surface area (Å²) in [5.74, 6) is -0.580. The van der Waals surface area contributed by atoms with Gasteiger partial charge >= 0.3 is 0 Å². The van der Waals surface area contributed by atoms with Crippen molar-refractivity contribution >= 4 is 34.5 Å². The molecule has 0 saturated heterocycles. The number of rotatable bonds is 4. The van der Waals surface area contributed by atoms with Crippen molar-refractivity contribution in [2.24, 2.45) is 0 Å². The molecule has 7 heteroatoms. The molecule has 0 unspecified atom stereocenters. The Morgan fingerprint density at radius 2 is 2.05 bits per heavy atom. The van der Waals surface area contributed by atoms with Crippen LogP contribution in [0.1, 0.15) is 14.5 Å². The molecular weight excluding hydrogens is 321 g/mol. The number of hydrogen-bond donors (Lipinski definition) is 2. The van der Waals surface area contributed by atoms with E-state index in [2.05, 4.69) is 9.69 Å². The first kappa shape index (κ1) is 14.7. The molecule has 1 amide bonds. The van der Waals surface area contributed by atoms with Crippen LogP contribution in [0.4, 0.5) is 10.1 Å². The van der Waals surface area contributed by atoms with Crippen molar-refractivity contribution in [1.82, 2.24) is 9.69 Å². The standard InChI is InChI=1S/C15H12FN3OS2/c16-10-5-3-9(4-6-10)13-12(17)14(22-19-13)15(20)18-8-11-2-1-7-21-11/h1-7H,8,17H2,(H,18,20). The molecule has 1 aromatic carbocycles. The highest BCUT2D eigenvalue weighted by Crippen LogP contribution is 2.30. The minimum Gasteiger partial charge on any atom is -0.396 e. The molecule has 0 radical (unpaired) electrons. The van der Waals surface area contributed by atoms with Crippen LogP contribution < -0.4 is 11.1 Å². The summed E-state index contributed by atoms with van der Waals surface area (Å²) in [5.41, 5.74) is 7.53. The molecule has 3 aromatic rings. The maximum atomic E-state index is 13.0. The molecule has 2 aromatic heterocycles. The maximum absolute atomic E-state index is 13.0. The summed E-state index contributed by atoms with van der Waals surface area (Å²) in [5, 5.41) is 4.77. The van der Waals surface area contributed by atoms with Gasteiger partial charge in [0.2, 0.25) is 0 Å². The first-order valence-corrected chi connectivity index (χ1v) is 8.12. The highest BCUT2D eigenvalue weighted by Gasteiger charge is 2.18. The molecule has 0 aliphatic heterocycles. The molecule has 112 valence electrons. The van der Waals surface area contributed by atoms with Crippen LogP contribution in [0.2, 0.25) is 0 Å². The number of nitrogens with two attached hydrogens (primary N) is 1. The van der Waals surface area contributed by atoms with Gasteiger partial charge in [0, 0.05) is 10.4 Å². The number of hydrogen-bond acceptors (Lipinski definition) is 5. The zero-order valence-electron chi connectivity index (χ0n) is 11.4. The monoisotopic (exact) mass is 333 g/mol. The summed E-state index contributed by atoms with van der Waals surface area (Å²) in [6.45, 7) is 0.458. The van der Waals surface area contributed by atoms with Gasteiger partial charge < -0.3 is 11.1 Å². The molecule has 0 atom stereocenters. The third-order valence-electron chi connectivity index (χ3n) is 3.06. The molecule has 3 rings (SSSR count). The average Bonchev–Trinajstić information content (AvgIpc) is 3.15. The van der Waals surface area contributed by atoms with Gasteiger partial charge in [-0.15, -0.1) is 11.3 Å². The zero-order valence-corrected chi connectivity index (χ0v) is 13.0. The van der Waals surface area contributed by atoms with Crippen LogP contribution in [0.5, 0.6) is 0 Å². The summed E-state index contributed by atoms with van der Waals surface area (Å²) in [4.78, 5) is 13.6. The number of halogens is 1. The lowest BCUT2D eigenvalue weighted by Gasteiger charge is -2.03. The number of carbonyl (C=O) groups is 1. The molecule has 0 fully saturated rings. The van der Waals surface area contributed by atoms with E-state index in [4.69, 9.17) is 5.73 Å². The second-order valence-electron chi connectivity index (χ2n) is 4.54. The quantitative estimate of drug-likeness (QED) is 0.767. The average molecular weight is 333 g/mol. The van der Waals surface area contributed by atoms with E-state index in [1.165, 1.54) is 12.1 Å². The van der Waals surface area contributed by atoms with Crippen molar-refractivity contribution in [2.75, 3.05) is 5.73 Å². The smallest absolute Gasteiger partial charge is 0.265 e. The third-order valence-corrected chi connectivity index (χ3v) is 4.79. The summed E-state index contributed by atoms with van der Waals surface area (Å²) in [6, 6.07) is 9.74. The van der Waals surface area contributed by atoms with Gasteiger partial charge in [-0.05, 0) is 47.2 Å². The Bertz CT molecular complexity index is 782. The fourth-order valence-corrected chi connectivity index (χ4v) is 3.32. The van der Waals surface area contributed by atoms with Crippen LogP contribution in [0, 0.1) is 5.82 Å². The number of nitrogen functional groups attached to an aromatic ring is 1. The molecule has 22 heavy (non-hydrogen) atoms. The van der Waals surface area contributed by atoms with E-state index < -0.39 is 0 Å². The highest BCUT2D eigenvalue weighted by atomic mass is 32.1. The fourth-order valence-electron chi connectivity index (χ4n) is 1.94. The molecule has 0 saturated carbocycles. The Balaban J connectivity index is 1.77. The zero-order chi connectivity index (χ0) is 15.5. The first-order valence-electron chi connectivity index (χ1n) is 6.47. The number of carbonyl (C=O) groups excluding carboxylic acids is 1. The fraction of sp³-hybridized carbons (Fsp3) is 0.0667. The number of benzene rings is 1. The number of aromatic nitrogens is 1. The van der Waals surface area contributed by atoms with E-state index in [0.717, 1.165) is 16.4 Å². The van der Waals surface area contributed by atoms with Crippen LogP contribution in [0.3, 0.4) is 0 Å². The van der Waals surface area contributed by atoms with Crippen LogP contribution in [0.25, 0.3) is 11.3 Å². The van der Waals surface area contributed by atoms with E-state index >= 15 is 0 Å². The van der Waals surface area contributed by atoms with Crippen molar-refractivity contribution in [3.8, 4) is 11.3 Å². The first-order chi connectivity index (χ1) is 10.6. The minimum atomic E-state index is -0.327. The van der Waals surface area contributed by atoms with Gasteiger partial charge in [0.1, 0.15) is 16.4 Å². The van der Waals surface area contributed by atoms with Crippen molar-refractivity contribution in [1.29, 1.82) is 0 Å². The number of anilines is 1. The second kappa shape index (κ2) is 6.25. The molecule has 0 aliphatic rings. The Morgan fingerprint density at radius 3 is 2.73 bits per heavy atom. The molecule has 0 spiro atoms. The summed E-state index contributed by atoms with van der Waals surface area (Å²) < 4.78 is 17.2. The molecule has 0 bridgehead atoms. The lowest BCUT2D eigenvalue weighted by atomic mass is 10.1. The second-order valence-corrected chi connectivity index (χ2v) is 6.35. The Kier molecular flexibility index (Phi) is 4.17.